The molecule has 0 saturated carbocycles. The molecule has 0 radical (unpaired) electrons. The van der Waals surface area contributed by atoms with Crippen LogP contribution in [0.2, 0.25) is 0 Å². The normalized spacial score (nSPS) is 10.7. The van der Waals surface area contributed by atoms with Gasteiger partial charge >= 0.3 is 17.9 Å². The molecule has 9 nitrogen and oxygen atoms in total. The molecule has 0 saturated heterocycles. The van der Waals surface area contributed by atoms with E-state index in [0.717, 1.165) is 6.08 Å². The maximum Gasteiger partial charge on any atom is 0.330 e. The Morgan fingerprint density at radius 3 is 1.38 bits per heavy atom. The number of rotatable bonds is 7. The number of hydrogen-bond acceptors (Lipinski definition) is 6. The van der Waals surface area contributed by atoms with E-state index in [-0.39, 0.29) is 23.9 Å². The quantitative estimate of drug-likeness (QED) is 0.411. The molecule has 0 aromatic carbocycles. The molecule has 0 aliphatic carbocycles. The Kier molecular flexibility index (Phi) is 24.7. The summed E-state index contributed by atoms with van der Waals surface area (Å²) in [5.41, 5.74) is 0.352. The summed E-state index contributed by atoms with van der Waals surface area (Å²) in [6, 6.07) is 0. The van der Waals surface area contributed by atoms with Gasteiger partial charge in [-0.25, -0.2) is 14.4 Å². The minimum Gasteiger partial charge on any atom is -0.478 e. The molecule has 2 unspecified atom stereocenters. The molecule has 9 heteroatoms. The first-order valence-corrected chi connectivity index (χ1v) is 7.26. The maximum absolute atomic E-state index is 9.60. The van der Waals surface area contributed by atoms with Crippen LogP contribution in [0.15, 0.2) is 37.0 Å². The fourth-order valence-corrected chi connectivity index (χ4v) is 0.356. The highest BCUT2D eigenvalue weighted by Gasteiger charge is 2.00. The smallest absolute Gasteiger partial charge is 0.330 e. The van der Waals surface area contributed by atoms with Crippen LogP contribution in [0.3, 0.4) is 0 Å². The van der Waals surface area contributed by atoms with Crippen LogP contribution in [-0.2, 0) is 19.1 Å². The van der Waals surface area contributed by atoms with E-state index in [4.69, 9.17) is 30.3 Å². The van der Waals surface area contributed by atoms with Gasteiger partial charge in [0.15, 0.2) is 0 Å². The number of carbonyl (C=O) groups is 3. The fraction of sp³-hybridized carbons (Fsp3) is 0.471. The van der Waals surface area contributed by atoms with Gasteiger partial charge in [0.2, 0.25) is 0 Å². The summed E-state index contributed by atoms with van der Waals surface area (Å²) in [5, 5.41) is 40.5. The van der Waals surface area contributed by atoms with Crippen molar-refractivity contribution in [3.63, 3.8) is 0 Å². The summed E-state index contributed by atoms with van der Waals surface area (Å²) >= 11 is 0. The zero-order valence-electron chi connectivity index (χ0n) is 15.6. The van der Waals surface area contributed by atoms with Gasteiger partial charge in [-0.2, -0.15) is 0 Å². The number of aliphatic carboxylic acids is 3. The highest BCUT2D eigenvalue weighted by molar-refractivity contribution is 5.85. The van der Waals surface area contributed by atoms with Gasteiger partial charge in [0.25, 0.3) is 0 Å². The molecule has 0 fully saturated rings. The third-order valence-electron chi connectivity index (χ3n) is 1.78. The summed E-state index contributed by atoms with van der Waals surface area (Å²) < 4.78 is 4.95. The van der Waals surface area contributed by atoms with Gasteiger partial charge in [-0.15, -0.1) is 0 Å². The number of aliphatic hydroxyl groups excluding tert-OH is 2. The lowest BCUT2D eigenvalue weighted by Crippen LogP contribution is -2.19. The molecule has 0 aromatic rings. The van der Waals surface area contributed by atoms with Crippen LogP contribution < -0.4 is 0 Å². The predicted octanol–water partition coefficient (Wildman–Crippen LogP) is 1.32. The highest BCUT2D eigenvalue weighted by atomic mass is 16.5. The van der Waals surface area contributed by atoms with E-state index < -0.39 is 24.0 Å². The van der Waals surface area contributed by atoms with Crippen LogP contribution in [0.5, 0.6) is 0 Å². The maximum atomic E-state index is 9.60. The second-order valence-corrected chi connectivity index (χ2v) is 4.89. The molecule has 0 aliphatic rings. The van der Waals surface area contributed by atoms with Crippen molar-refractivity contribution >= 4 is 17.9 Å². The molecular formula is C17H30O9. The molecule has 152 valence electrons. The van der Waals surface area contributed by atoms with Gasteiger partial charge in [-0.05, 0) is 27.7 Å². The Labute approximate surface area is 153 Å². The molecule has 0 aliphatic heterocycles. The van der Waals surface area contributed by atoms with Gasteiger partial charge in [0.1, 0.15) is 0 Å². The van der Waals surface area contributed by atoms with E-state index in [1.807, 2.05) is 0 Å². The zero-order chi connectivity index (χ0) is 21.9. The third kappa shape index (κ3) is 43.0. The second-order valence-electron chi connectivity index (χ2n) is 4.89. The minimum absolute atomic E-state index is 0.00667. The van der Waals surface area contributed by atoms with Crippen LogP contribution in [0.1, 0.15) is 27.7 Å². The van der Waals surface area contributed by atoms with Crippen molar-refractivity contribution in [2.45, 2.75) is 39.9 Å². The van der Waals surface area contributed by atoms with Gasteiger partial charge in [0, 0.05) is 17.2 Å². The highest BCUT2D eigenvalue weighted by Crippen LogP contribution is 1.90. The van der Waals surface area contributed by atoms with Gasteiger partial charge in [-0.3, -0.25) is 0 Å². The topological polar surface area (TPSA) is 162 Å². The molecule has 26 heavy (non-hydrogen) atoms. The molecule has 0 bridgehead atoms. The fourth-order valence-electron chi connectivity index (χ4n) is 0.356. The Morgan fingerprint density at radius 1 is 1.00 bits per heavy atom. The summed E-state index contributed by atoms with van der Waals surface area (Å²) in [5.74, 6) is -2.85. The molecule has 0 amide bonds. The van der Waals surface area contributed by atoms with Crippen molar-refractivity contribution in [1.29, 1.82) is 0 Å². The van der Waals surface area contributed by atoms with Gasteiger partial charge in [-0.1, -0.05) is 19.7 Å². The summed E-state index contributed by atoms with van der Waals surface area (Å²) in [7, 11) is 0. The van der Waals surface area contributed by atoms with E-state index in [2.05, 4.69) is 19.7 Å². The average Bonchev–Trinajstić information content (AvgIpc) is 2.53. The predicted molar refractivity (Wildman–Crippen MR) is 96.9 cm³/mol. The molecule has 5 N–H and O–H groups in total. The van der Waals surface area contributed by atoms with Crippen molar-refractivity contribution in [1.82, 2.24) is 0 Å². The minimum atomic E-state index is -0.981. The first-order chi connectivity index (χ1) is 11.7. The number of ether oxygens (including phenoxy) is 1. The van der Waals surface area contributed by atoms with Gasteiger partial charge in [0.05, 0.1) is 25.4 Å². The van der Waals surface area contributed by atoms with Crippen LogP contribution in [0, 0.1) is 0 Å². The zero-order valence-corrected chi connectivity index (χ0v) is 15.6. The van der Waals surface area contributed by atoms with E-state index in [1.165, 1.54) is 13.8 Å². The van der Waals surface area contributed by atoms with Crippen molar-refractivity contribution in [2.24, 2.45) is 0 Å². The van der Waals surface area contributed by atoms with Crippen LogP contribution in [-0.4, -0.2) is 68.9 Å². The summed E-state index contributed by atoms with van der Waals surface area (Å²) in [6.07, 6.45) is 0.221. The first-order valence-electron chi connectivity index (χ1n) is 7.26. The second kappa shape index (κ2) is 20.6. The molecular weight excluding hydrogens is 348 g/mol. The van der Waals surface area contributed by atoms with Crippen LogP contribution in [0.25, 0.3) is 0 Å². The van der Waals surface area contributed by atoms with Crippen LogP contribution >= 0.6 is 0 Å². The summed E-state index contributed by atoms with van der Waals surface area (Å²) in [6.45, 7) is 15.9. The SMILES string of the molecule is C=C(C)C(=O)O.C=C(C)C(=O)O.C=CC(=O)O.CC(O)COC(C)CO. The van der Waals surface area contributed by atoms with E-state index in [1.54, 1.807) is 13.8 Å². The molecule has 0 aromatic heterocycles. The average molecular weight is 378 g/mol. The first kappa shape index (κ1) is 31.3. The van der Waals surface area contributed by atoms with Crippen LogP contribution in [0.4, 0.5) is 0 Å². The third-order valence-corrected chi connectivity index (χ3v) is 1.78. The van der Waals surface area contributed by atoms with Crippen molar-refractivity contribution in [2.75, 3.05) is 13.2 Å². The number of carboxylic acid groups (broad SMARTS) is 3. The summed E-state index contributed by atoms with van der Waals surface area (Å²) in [4.78, 5) is 28.4. The van der Waals surface area contributed by atoms with Crippen molar-refractivity contribution < 1.29 is 44.7 Å². The van der Waals surface area contributed by atoms with E-state index in [9.17, 15) is 14.4 Å². The lowest BCUT2D eigenvalue weighted by Gasteiger charge is -2.10. The Bertz CT molecular complexity index is 405. The van der Waals surface area contributed by atoms with E-state index >= 15 is 0 Å². The molecule has 0 rings (SSSR count). The van der Waals surface area contributed by atoms with Gasteiger partial charge < -0.3 is 30.3 Å². The largest absolute Gasteiger partial charge is 0.478 e. The van der Waals surface area contributed by atoms with E-state index in [0.29, 0.717) is 6.61 Å². The molecule has 2 atom stereocenters. The Balaban J connectivity index is -0.000000128. The van der Waals surface area contributed by atoms with Crippen molar-refractivity contribution in [3.05, 3.63) is 37.0 Å². The lowest BCUT2D eigenvalue weighted by atomic mass is 10.4. The van der Waals surface area contributed by atoms with Crippen molar-refractivity contribution in [3.8, 4) is 0 Å². The number of carboxylic acids is 3. The lowest BCUT2D eigenvalue weighted by molar-refractivity contribution is -0.133. The monoisotopic (exact) mass is 378 g/mol. The Hall–Kier alpha value is -2.49. The number of aliphatic hydroxyl groups is 2. The number of hydrogen-bond donors (Lipinski definition) is 5. The standard InChI is InChI=1S/C6H14O3.2C4H6O2.C3H4O2/c1-5(8)4-9-6(2)3-7;2*1-3(2)4(5)6;1-2-3(4)5/h5-8H,3-4H2,1-2H3;2*1H2,2H3,(H,5,6);2H,1H2,(H,4,5). The molecule has 0 heterocycles. The molecule has 0 spiro atoms. The Morgan fingerprint density at radius 2 is 1.27 bits per heavy atom.